The molecule has 4 fully saturated rings. The highest BCUT2D eigenvalue weighted by Gasteiger charge is 2.75. The van der Waals surface area contributed by atoms with Crippen LogP contribution in [0.1, 0.15) is 52.4 Å². The standard InChI is InChI=1S/C18H27OS/c1-4-9-20-14-6-5-12(10-14)16(20)18-8-7-13(11-15(18)19)17(18,2)3/h4,12-14,16H,1,5-11H2,2-3H3/q+1. The lowest BCUT2D eigenvalue weighted by molar-refractivity contribution is -0.130. The van der Waals surface area contributed by atoms with E-state index in [9.17, 15) is 4.79 Å². The molecule has 20 heavy (non-hydrogen) atoms. The Morgan fingerprint density at radius 2 is 2.15 bits per heavy atom. The molecule has 1 nitrogen and oxygen atoms in total. The van der Waals surface area contributed by atoms with Gasteiger partial charge in [-0.05, 0) is 54.0 Å². The van der Waals surface area contributed by atoms with Gasteiger partial charge in [-0.2, -0.15) is 0 Å². The summed E-state index contributed by atoms with van der Waals surface area (Å²) in [7, 11) is 0.438. The number of ketones is 1. The van der Waals surface area contributed by atoms with Crippen LogP contribution in [0.5, 0.6) is 0 Å². The Labute approximate surface area is 125 Å². The molecule has 0 amide bonds. The van der Waals surface area contributed by atoms with Gasteiger partial charge in [-0.3, -0.25) is 4.79 Å². The van der Waals surface area contributed by atoms with Crippen molar-refractivity contribution >= 4 is 16.7 Å². The zero-order valence-electron chi connectivity index (χ0n) is 12.9. The van der Waals surface area contributed by atoms with Gasteiger partial charge in [0.25, 0.3) is 0 Å². The van der Waals surface area contributed by atoms with Gasteiger partial charge in [-0.25, -0.2) is 0 Å². The quantitative estimate of drug-likeness (QED) is 0.572. The Balaban J connectivity index is 1.79. The summed E-state index contributed by atoms with van der Waals surface area (Å²) in [5, 5.41) is 1.62. The van der Waals surface area contributed by atoms with Crippen molar-refractivity contribution in [2.24, 2.45) is 22.7 Å². The van der Waals surface area contributed by atoms with E-state index >= 15 is 0 Å². The molecule has 0 spiro atoms. The Morgan fingerprint density at radius 3 is 2.75 bits per heavy atom. The van der Waals surface area contributed by atoms with Crippen molar-refractivity contribution < 1.29 is 4.79 Å². The Hall–Kier alpha value is -0.240. The van der Waals surface area contributed by atoms with Gasteiger partial charge >= 0.3 is 0 Å². The zero-order valence-corrected chi connectivity index (χ0v) is 13.7. The maximum atomic E-state index is 13.0. The topological polar surface area (TPSA) is 17.1 Å². The van der Waals surface area contributed by atoms with E-state index < -0.39 is 0 Å². The van der Waals surface area contributed by atoms with E-state index in [0.717, 1.165) is 17.6 Å². The molecule has 3 saturated carbocycles. The molecule has 4 rings (SSSR count). The predicted octanol–water partition coefficient (Wildman–Crippen LogP) is 3.74. The molecule has 0 radical (unpaired) electrons. The molecule has 0 aromatic carbocycles. The Morgan fingerprint density at radius 1 is 1.35 bits per heavy atom. The summed E-state index contributed by atoms with van der Waals surface area (Å²) in [6.07, 6.45) is 9.74. The first-order valence-corrected chi connectivity index (χ1v) is 9.87. The van der Waals surface area contributed by atoms with E-state index in [1.807, 2.05) is 0 Å². The van der Waals surface area contributed by atoms with Crippen molar-refractivity contribution in [3.8, 4) is 0 Å². The summed E-state index contributed by atoms with van der Waals surface area (Å²) in [5.41, 5.74) is 0.301. The minimum absolute atomic E-state index is 0.0453. The van der Waals surface area contributed by atoms with Gasteiger partial charge in [0.1, 0.15) is 22.0 Å². The first-order valence-electron chi connectivity index (χ1n) is 8.35. The van der Waals surface area contributed by atoms with Gasteiger partial charge < -0.3 is 0 Å². The number of Topliss-reactive ketones (excluding diaryl/α,β-unsaturated/α-hetero) is 1. The van der Waals surface area contributed by atoms with Gasteiger partial charge in [0.2, 0.25) is 0 Å². The number of hydrogen-bond acceptors (Lipinski definition) is 1. The van der Waals surface area contributed by atoms with Crippen molar-refractivity contribution in [3.05, 3.63) is 12.7 Å². The second-order valence-corrected chi connectivity index (χ2v) is 10.5. The Bertz CT molecular complexity index is 468. The van der Waals surface area contributed by atoms with Crippen molar-refractivity contribution in [1.82, 2.24) is 0 Å². The fourth-order valence-corrected chi connectivity index (χ4v) is 10.3. The first kappa shape index (κ1) is 13.4. The smallest absolute Gasteiger partial charge is 0.144 e. The maximum Gasteiger partial charge on any atom is 0.144 e. The number of carbonyl (C=O) groups is 1. The zero-order chi connectivity index (χ0) is 14.1. The van der Waals surface area contributed by atoms with E-state index in [0.29, 0.717) is 27.8 Å². The minimum Gasteiger partial charge on any atom is -0.299 e. The van der Waals surface area contributed by atoms with Gasteiger partial charge in [0.05, 0.1) is 5.41 Å². The monoisotopic (exact) mass is 291 g/mol. The predicted molar refractivity (Wildman–Crippen MR) is 85.9 cm³/mol. The molecule has 0 aromatic heterocycles. The SMILES string of the molecule is C=CC[S+]1C2CCC(C2)C1C12CCC(CC1=O)C2(C)C. The lowest BCUT2D eigenvalue weighted by Gasteiger charge is -2.43. The number of fused-ring (bicyclic) bond motifs is 4. The summed E-state index contributed by atoms with van der Waals surface area (Å²) in [4.78, 5) is 13.0. The van der Waals surface area contributed by atoms with Crippen LogP contribution in [0.3, 0.4) is 0 Å². The molecule has 1 saturated heterocycles. The molecule has 6 atom stereocenters. The highest BCUT2D eigenvalue weighted by molar-refractivity contribution is 7.98. The molecule has 4 bridgehead atoms. The summed E-state index contributed by atoms with van der Waals surface area (Å²) in [6.45, 7) is 8.83. The summed E-state index contributed by atoms with van der Waals surface area (Å²) < 4.78 is 0. The van der Waals surface area contributed by atoms with Crippen LogP contribution >= 0.6 is 0 Å². The number of hydrogen-bond donors (Lipinski definition) is 0. The molecule has 1 heterocycles. The van der Waals surface area contributed by atoms with Crippen molar-refractivity contribution in [1.29, 1.82) is 0 Å². The lowest BCUT2D eigenvalue weighted by atomic mass is 9.64. The lowest BCUT2D eigenvalue weighted by Crippen LogP contribution is -2.53. The first-order chi connectivity index (χ1) is 9.52. The van der Waals surface area contributed by atoms with Gasteiger partial charge in [-0.1, -0.05) is 20.4 Å². The van der Waals surface area contributed by atoms with Crippen LogP contribution in [-0.2, 0) is 15.7 Å². The second-order valence-electron chi connectivity index (χ2n) is 8.10. The number of carbonyl (C=O) groups excluding carboxylic acids is 1. The van der Waals surface area contributed by atoms with Crippen LogP contribution in [0.4, 0.5) is 0 Å². The van der Waals surface area contributed by atoms with Crippen LogP contribution in [0, 0.1) is 22.7 Å². The molecule has 4 aliphatic rings. The van der Waals surface area contributed by atoms with Gasteiger partial charge in [0, 0.05) is 18.8 Å². The van der Waals surface area contributed by atoms with E-state index in [2.05, 4.69) is 26.5 Å². The summed E-state index contributed by atoms with van der Waals surface area (Å²) in [5.74, 6) is 3.33. The third-order valence-electron chi connectivity index (χ3n) is 7.39. The second kappa shape index (κ2) is 4.15. The average molecular weight is 291 g/mol. The van der Waals surface area contributed by atoms with E-state index in [4.69, 9.17) is 0 Å². The normalized spacial score (nSPS) is 51.9. The largest absolute Gasteiger partial charge is 0.299 e. The van der Waals surface area contributed by atoms with Crippen molar-refractivity contribution in [2.75, 3.05) is 5.75 Å². The molecule has 110 valence electrons. The van der Waals surface area contributed by atoms with Crippen LogP contribution < -0.4 is 0 Å². The summed E-state index contributed by atoms with van der Waals surface area (Å²) in [6, 6.07) is 0. The highest BCUT2D eigenvalue weighted by Crippen LogP contribution is 2.70. The van der Waals surface area contributed by atoms with E-state index in [1.165, 1.54) is 37.9 Å². The van der Waals surface area contributed by atoms with Crippen LogP contribution in [0.2, 0.25) is 0 Å². The van der Waals surface area contributed by atoms with E-state index in [1.54, 1.807) is 0 Å². The average Bonchev–Trinajstić information content (AvgIpc) is 3.09. The molecule has 0 aromatic rings. The van der Waals surface area contributed by atoms with E-state index in [-0.39, 0.29) is 10.8 Å². The molecular weight excluding hydrogens is 264 g/mol. The molecule has 3 aliphatic carbocycles. The molecule has 0 N–H and O–H groups in total. The van der Waals surface area contributed by atoms with Gasteiger partial charge in [-0.15, -0.1) is 0 Å². The van der Waals surface area contributed by atoms with Crippen LogP contribution in [0.15, 0.2) is 12.7 Å². The van der Waals surface area contributed by atoms with Crippen molar-refractivity contribution in [3.63, 3.8) is 0 Å². The summed E-state index contributed by atoms with van der Waals surface area (Å²) >= 11 is 0. The van der Waals surface area contributed by atoms with Crippen LogP contribution in [0.25, 0.3) is 0 Å². The molecule has 6 unspecified atom stereocenters. The molecule has 2 heteroatoms. The highest BCUT2D eigenvalue weighted by atomic mass is 32.2. The minimum atomic E-state index is 0.0453. The molecular formula is C18H27OS+. The fraction of sp³-hybridized carbons (Fsp3) is 0.833. The van der Waals surface area contributed by atoms with Gasteiger partial charge in [0.15, 0.2) is 0 Å². The third kappa shape index (κ3) is 1.35. The van der Waals surface area contributed by atoms with Crippen molar-refractivity contribution in [2.45, 2.75) is 62.9 Å². The fourth-order valence-electron chi connectivity index (χ4n) is 6.39. The Kier molecular flexibility index (Phi) is 2.79. The maximum absolute atomic E-state index is 13.0. The van der Waals surface area contributed by atoms with Crippen LogP contribution in [-0.4, -0.2) is 22.0 Å². The third-order valence-corrected chi connectivity index (χ3v) is 10.7. The number of rotatable bonds is 3. The molecule has 1 aliphatic heterocycles.